The number of nitrogens with two attached hydrogens (primary N) is 1. The summed E-state index contributed by atoms with van der Waals surface area (Å²) in [5, 5.41) is 29.4. The van der Waals surface area contributed by atoms with Crippen LogP contribution in [0.1, 0.15) is 18.4 Å². The third-order valence-electron chi connectivity index (χ3n) is 3.85. The lowest BCUT2D eigenvalue weighted by atomic mass is 10.1. The topological polar surface area (TPSA) is 124 Å². The molecular weight excluding hydrogens is 288 g/mol. The highest BCUT2D eigenvalue weighted by Gasteiger charge is 2.46. The molecule has 0 radical (unpaired) electrons. The SMILES string of the molecule is NC(=O)C1CC(O)C(O)N1C(=O)[C@H](O)CCc1ccccc1. The van der Waals surface area contributed by atoms with Crippen LogP contribution in [0.2, 0.25) is 0 Å². The van der Waals surface area contributed by atoms with Crippen molar-refractivity contribution in [2.45, 2.75) is 43.7 Å². The van der Waals surface area contributed by atoms with Crippen molar-refractivity contribution in [1.29, 1.82) is 0 Å². The molecule has 2 rings (SSSR count). The van der Waals surface area contributed by atoms with Gasteiger partial charge in [-0.15, -0.1) is 0 Å². The van der Waals surface area contributed by atoms with Crippen LogP contribution in [0.5, 0.6) is 0 Å². The van der Waals surface area contributed by atoms with Crippen LogP contribution < -0.4 is 5.73 Å². The zero-order valence-corrected chi connectivity index (χ0v) is 12.0. The predicted molar refractivity (Wildman–Crippen MR) is 77.2 cm³/mol. The largest absolute Gasteiger partial charge is 0.388 e. The molecule has 120 valence electrons. The number of primary amides is 1. The molecule has 1 aromatic carbocycles. The lowest BCUT2D eigenvalue weighted by Gasteiger charge is -2.28. The van der Waals surface area contributed by atoms with Crippen LogP contribution in [0.25, 0.3) is 0 Å². The summed E-state index contributed by atoms with van der Waals surface area (Å²) in [7, 11) is 0. The van der Waals surface area contributed by atoms with E-state index < -0.39 is 36.3 Å². The summed E-state index contributed by atoms with van der Waals surface area (Å²) in [4.78, 5) is 24.3. The highest BCUT2D eigenvalue weighted by molar-refractivity contribution is 5.89. The van der Waals surface area contributed by atoms with E-state index in [1.54, 1.807) is 0 Å². The van der Waals surface area contributed by atoms with Crippen LogP contribution in [0.15, 0.2) is 30.3 Å². The molecule has 0 aliphatic carbocycles. The van der Waals surface area contributed by atoms with Crippen LogP contribution >= 0.6 is 0 Å². The number of aryl methyl sites for hydroxylation is 1. The van der Waals surface area contributed by atoms with Gasteiger partial charge in [0.2, 0.25) is 5.91 Å². The number of aliphatic hydroxyl groups is 3. The highest BCUT2D eigenvalue weighted by atomic mass is 16.4. The number of carbonyl (C=O) groups excluding carboxylic acids is 2. The van der Waals surface area contributed by atoms with Gasteiger partial charge in [-0.2, -0.15) is 0 Å². The number of carbonyl (C=O) groups is 2. The first-order valence-electron chi connectivity index (χ1n) is 7.11. The quantitative estimate of drug-likeness (QED) is 0.541. The van der Waals surface area contributed by atoms with Crippen molar-refractivity contribution < 1.29 is 24.9 Å². The number of hydrogen-bond acceptors (Lipinski definition) is 5. The monoisotopic (exact) mass is 308 g/mol. The minimum absolute atomic E-state index is 0.131. The Bertz CT molecular complexity index is 536. The third kappa shape index (κ3) is 3.44. The first kappa shape index (κ1) is 16.4. The smallest absolute Gasteiger partial charge is 0.254 e. The number of nitrogens with zero attached hydrogens (tertiary/aromatic N) is 1. The molecule has 7 heteroatoms. The summed E-state index contributed by atoms with van der Waals surface area (Å²) in [5.41, 5.74) is 6.14. The van der Waals surface area contributed by atoms with Crippen molar-refractivity contribution >= 4 is 11.8 Å². The molecule has 1 aliphatic rings. The number of rotatable bonds is 5. The fraction of sp³-hybridized carbons (Fsp3) is 0.467. The molecule has 7 nitrogen and oxygen atoms in total. The van der Waals surface area contributed by atoms with Gasteiger partial charge in [-0.05, 0) is 18.4 Å². The molecule has 1 saturated heterocycles. The molecule has 2 amide bonds. The van der Waals surface area contributed by atoms with Gasteiger partial charge < -0.3 is 26.0 Å². The van der Waals surface area contributed by atoms with E-state index in [0.717, 1.165) is 10.5 Å². The summed E-state index contributed by atoms with van der Waals surface area (Å²) in [6.45, 7) is 0. The van der Waals surface area contributed by atoms with Crippen LogP contribution in [0, 0.1) is 0 Å². The Labute approximate surface area is 128 Å². The van der Waals surface area contributed by atoms with Crippen LogP contribution in [-0.4, -0.2) is 56.5 Å². The van der Waals surface area contributed by atoms with E-state index >= 15 is 0 Å². The predicted octanol–water partition coefficient (Wildman–Crippen LogP) is -1.25. The lowest BCUT2D eigenvalue weighted by Crippen LogP contribution is -2.51. The second-order valence-electron chi connectivity index (χ2n) is 5.42. The summed E-state index contributed by atoms with van der Waals surface area (Å²) in [6.07, 6.45) is -3.66. The van der Waals surface area contributed by atoms with Gasteiger partial charge in [0.15, 0.2) is 6.23 Å². The Kier molecular flexibility index (Phi) is 5.12. The molecule has 1 aromatic rings. The molecule has 3 unspecified atom stereocenters. The van der Waals surface area contributed by atoms with Crippen LogP contribution in [0.3, 0.4) is 0 Å². The normalized spacial score (nSPS) is 26.0. The second-order valence-corrected chi connectivity index (χ2v) is 5.42. The van der Waals surface area contributed by atoms with Crippen molar-refractivity contribution in [3.8, 4) is 0 Å². The molecule has 1 heterocycles. The molecule has 22 heavy (non-hydrogen) atoms. The van der Waals surface area contributed by atoms with Gasteiger partial charge in [-0.25, -0.2) is 0 Å². The van der Waals surface area contributed by atoms with Crippen molar-refractivity contribution in [1.82, 2.24) is 4.90 Å². The van der Waals surface area contributed by atoms with Gasteiger partial charge >= 0.3 is 0 Å². The first-order chi connectivity index (χ1) is 10.4. The maximum Gasteiger partial charge on any atom is 0.254 e. The van der Waals surface area contributed by atoms with E-state index in [-0.39, 0.29) is 12.8 Å². The van der Waals surface area contributed by atoms with Gasteiger partial charge in [-0.3, -0.25) is 9.59 Å². The highest BCUT2D eigenvalue weighted by Crippen LogP contribution is 2.24. The van der Waals surface area contributed by atoms with E-state index in [1.165, 1.54) is 0 Å². The van der Waals surface area contributed by atoms with Crippen LogP contribution in [-0.2, 0) is 16.0 Å². The third-order valence-corrected chi connectivity index (χ3v) is 3.85. The second kappa shape index (κ2) is 6.87. The fourth-order valence-corrected chi connectivity index (χ4v) is 2.61. The lowest BCUT2D eigenvalue weighted by molar-refractivity contribution is -0.156. The zero-order valence-electron chi connectivity index (χ0n) is 12.0. The molecule has 1 aliphatic heterocycles. The van der Waals surface area contributed by atoms with E-state index in [2.05, 4.69) is 0 Å². The number of likely N-dealkylation sites (tertiary alicyclic amines) is 1. The molecule has 0 bridgehead atoms. The number of hydrogen-bond donors (Lipinski definition) is 4. The van der Waals surface area contributed by atoms with E-state index in [4.69, 9.17) is 5.73 Å². The Hall–Kier alpha value is -1.96. The van der Waals surface area contributed by atoms with Crippen molar-refractivity contribution in [2.75, 3.05) is 0 Å². The average molecular weight is 308 g/mol. The van der Waals surface area contributed by atoms with Gasteiger partial charge in [0.1, 0.15) is 18.2 Å². The molecule has 0 aromatic heterocycles. The van der Waals surface area contributed by atoms with Crippen molar-refractivity contribution in [3.63, 3.8) is 0 Å². The minimum Gasteiger partial charge on any atom is -0.388 e. The Morgan fingerprint density at radius 3 is 2.50 bits per heavy atom. The average Bonchev–Trinajstić information content (AvgIpc) is 2.81. The van der Waals surface area contributed by atoms with Crippen LogP contribution in [0.4, 0.5) is 0 Å². The van der Waals surface area contributed by atoms with Crippen molar-refractivity contribution in [2.24, 2.45) is 5.73 Å². The zero-order chi connectivity index (χ0) is 16.3. The number of aliphatic hydroxyl groups excluding tert-OH is 3. The van der Waals surface area contributed by atoms with Crippen molar-refractivity contribution in [3.05, 3.63) is 35.9 Å². The van der Waals surface area contributed by atoms with Gasteiger partial charge in [-0.1, -0.05) is 30.3 Å². The maximum atomic E-state index is 12.2. The minimum atomic E-state index is -1.53. The van der Waals surface area contributed by atoms with E-state index in [9.17, 15) is 24.9 Å². The first-order valence-corrected chi connectivity index (χ1v) is 7.11. The summed E-state index contributed by atoms with van der Waals surface area (Å²) in [5.74, 6) is -1.62. The van der Waals surface area contributed by atoms with E-state index in [0.29, 0.717) is 6.42 Å². The fourth-order valence-electron chi connectivity index (χ4n) is 2.61. The van der Waals surface area contributed by atoms with E-state index in [1.807, 2.05) is 30.3 Å². The molecular formula is C15H20N2O5. The van der Waals surface area contributed by atoms with Gasteiger partial charge in [0, 0.05) is 6.42 Å². The number of benzene rings is 1. The molecule has 1 fully saturated rings. The molecule has 4 atom stereocenters. The summed E-state index contributed by atoms with van der Waals surface area (Å²) < 4.78 is 0. The maximum absolute atomic E-state index is 12.2. The molecule has 0 saturated carbocycles. The summed E-state index contributed by atoms with van der Waals surface area (Å²) >= 11 is 0. The van der Waals surface area contributed by atoms with Gasteiger partial charge in [0.05, 0.1) is 0 Å². The summed E-state index contributed by atoms with van der Waals surface area (Å²) in [6, 6.07) is 8.21. The standard InChI is InChI=1S/C15H20N2O5/c16-13(20)10-8-12(19)15(22)17(10)14(21)11(18)7-6-9-4-2-1-3-5-9/h1-5,10-12,15,18-19,22H,6-8H2,(H2,16,20)/t10?,11-,12?,15?/m1/s1. The Morgan fingerprint density at radius 2 is 1.91 bits per heavy atom. The Balaban J connectivity index is 2.01. The molecule has 0 spiro atoms. The Morgan fingerprint density at radius 1 is 1.27 bits per heavy atom. The van der Waals surface area contributed by atoms with Gasteiger partial charge in [0.25, 0.3) is 5.91 Å². The number of amides is 2. The molecule has 5 N–H and O–H groups in total.